The number of nitrogens with one attached hydrogen (secondary N) is 2. The van der Waals surface area contributed by atoms with E-state index < -0.39 is 23.6 Å². The molecule has 0 atom stereocenters. The molecule has 2 aromatic carbocycles. The van der Waals surface area contributed by atoms with Crippen molar-refractivity contribution in [2.75, 3.05) is 11.9 Å². The van der Waals surface area contributed by atoms with Crippen molar-refractivity contribution in [2.45, 2.75) is 12.6 Å². The number of nitrogens with zero attached hydrogens (tertiary/aromatic N) is 2. The molecule has 0 bridgehead atoms. The number of hydrogen-bond acceptors (Lipinski definition) is 5. The number of rotatable bonds is 5. The zero-order chi connectivity index (χ0) is 22.4. The first kappa shape index (κ1) is 22.0. The van der Waals surface area contributed by atoms with Crippen LogP contribution in [-0.4, -0.2) is 23.3 Å². The number of thiazole rings is 1. The van der Waals surface area contributed by atoms with Gasteiger partial charge in [-0.25, -0.2) is 4.98 Å². The largest absolute Gasteiger partial charge is 0.416 e. The highest BCUT2D eigenvalue weighted by Crippen LogP contribution is 2.31. The van der Waals surface area contributed by atoms with Crippen LogP contribution in [-0.2, 0) is 22.2 Å². The number of anilines is 1. The number of halogens is 3. The molecule has 2 amide bonds. The minimum Gasteiger partial charge on any atom is -0.347 e. The number of hydrogen-bond donors (Lipinski definition) is 2. The number of carbonyl (C=O) groups is 2. The molecule has 3 aromatic rings. The molecule has 0 saturated carbocycles. The van der Waals surface area contributed by atoms with Crippen LogP contribution in [0.2, 0.25) is 0 Å². The van der Waals surface area contributed by atoms with Crippen molar-refractivity contribution in [1.29, 1.82) is 5.26 Å². The third-order valence-corrected chi connectivity index (χ3v) is 5.12. The zero-order valence-corrected chi connectivity index (χ0v) is 16.7. The number of carbonyl (C=O) groups excluding carboxylic acids is 2. The third-order valence-electron chi connectivity index (χ3n) is 4.18. The van der Waals surface area contributed by atoms with E-state index in [0.29, 0.717) is 22.7 Å². The Morgan fingerprint density at radius 3 is 2.45 bits per heavy atom. The Kier molecular flexibility index (Phi) is 6.67. The van der Waals surface area contributed by atoms with Crippen LogP contribution >= 0.6 is 11.3 Å². The van der Waals surface area contributed by atoms with Gasteiger partial charge in [0.15, 0.2) is 0 Å². The predicted octanol–water partition coefficient (Wildman–Crippen LogP) is 4.00. The van der Waals surface area contributed by atoms with Gasteiger partial charge >= 0.3 is 18.0 Å². The van der Waals surface area contributed by atoms with Gasteiger partial charge in [0.2, 0.25) is 0 Å². The summed E-state index contributed by atoms with van der Waals surface area (Å²) in [7, 11) is 0. The van der Waals surface area contributed by atoms with Crippen LogP contribution in [0.1, 0.15) is 16.8 Å². The molecule has 0 saturated heterocycles. The summed E-state index contributed by atoms with van der Waals surface area (Å²) >= 11 is 1.27. The second-order valence-electron chi connectivity index (χ2n) is 6.34. The average molecular weight is 444 g/mol. The van der Waals surface area contributed by atoms with Gasteiger partial charge in [-0.1, -0.05) is 24.3 Å². The van der Waals surface area contributed by atoms with Gasteiger partial charge in [-0.05, 0) is 24.3 Å². The van der Waals surface area contributed by atoms with E-state index in [1.165, 1.54) is 35.6 Å². The van der Waals surface area contributed by atoms with Gasteiger partial charge < -0.3 is 10.6 Å². The lowest BCUT2D eigenvalue weighted by molar-refractivity contribution is -0.137. The van der Waals surface area contributed by atoms with Crippen LogP contribution in [0.3, 0.4) is 0 Å². The van der Waals surface area contributed by atoms with E-state index in [-0.39, 0.29) is 17.8 Å². The summed E-state index contributed by atoms with van der Waals surface area (Å²) in [6.07, 6.45) is -4.06. The van der Waals surface area contributed by atoms with Crippen molar-refractivity contribution in [3.8, 4) is 16.6 Å². The zero-order valence-electron chi connectivity index (χ0n) is 15.9. The molecular formula is C21H15F3N4O2S. The maximum absolute atomic E-state index is 12.7. The fraction of sp³-hybridized carbons (Fsp3) is 0.143. The van der Waals surface area contributed by atoms with E-state index in [4.69, 9.17) is 5.26 Å². The lowest BCUT2D eigenvalue weighted by Gasteiger charge is -2.07. The molecule has 0 fully saturated rings. The molecular weight excluding hydrogens is 429 g/mol. The van der Waals surface area contributed by atoms with Crippen LogP contribution < -0.4 is 10.6 Å². The van der Waals surface area contributed by atoms with Crippen LogP contribution in [0, 0.1) is 11.3 Å². The van der Waals surface area contributed by atoms with Crippen molar-refractivity contribution in [2.24, 2.45) is 0 Å². The second kappa shape index (κ2) is 9.40. The van der Waals surface area contributed by atoms with E-state index in [1.54, 1.807) is 17.5 Å². The Labute approximate surface area is 179 Å². The standard InChI is InChI=1S/C21H15F3N4O2S/c22-21(23,24)15-7-5-13(6-8-15)20-27-16(12-31-20)9-10-26-18(29)19(30)28-17-4-2-1-3-14(17)11-25/h1-8,12H,9-10H2,(H,26,29)(H,28,30). The van der Waals surface area contributed by atoms with Crippen molar-refractivity contribution in [1.82, 2.24) is 10.3 Å². The Hall–Kier alpha value is -3.71. The first-order valence-electron chi connectivity index (χ1n) is 8.98. The molecule has 0 aliphatic heterocycles. The van der Waals surface area contributed by atoms with Crippen LogP contribution in [0.25, 0.3) is 10.6 Å². The summed E-state index contributed by atoms with van der Waals surface area (Å²) in [5.74, 6) is -1.75. The summed E-state index contributed by atoms with van der Waals surface area (Å²) in [6.45, 7) is 0.141. The summed E-state index contributed by atoms with van der Waals surface area (Å²) in [4.78, 5) is 28.3. The first-order chi connectivity index (χ1) is 14.8. The minimum absolute atomic E-state index is 0.141. The highest BCUT2D eigenvalue weighted by molar-refractivity contribution is 7.13. The van der Waals surface area contributed by atoms with Crippen LogP contribution in [0.5, 0.6) is 0 Å². The SMILES string of the molecule is N#Cc1ccccc1NC(=O)C(=O)NCCc1csc(-c2ccc(C(F)(F)F)cc2)n1. The average Bonchev–Trinajstić information content (AvgIpc) is 3.22. The summed E-state index contributed by atoms with van der Waals surface area (Å²) in [5.41, 5.74) is 0.943. The molecule has 2 N–H and O–H groups in total. The molecule has 0 radical (unpaired) electrons. The molecule has 0 aliphatic carbocycles. The van der Waals surface area contributed by atoms with Gasteiger partial charge in [0.25, 0.3) is 0 Å². The molecule has 158 valence electrons. The molecule has 10 heteroatoms. The Morgan fingerprint density at radius 2 is 1.77 bits per heavy atom. The second-order valence-corrected chi connectivity index (χ2v) is 7.19. The molecule has 31 heavy (non-hydrogen) atoms. The molecule has 1 aromatic heterocycles. The molecule has 1 heterocycles. The number of benzene rings is 2. The monoisotopic (exact) mass is 444 g/mol. The Bertz CT molecular complexity index is 1130. The van der Waals surface area contributed by atoms with Crippen LogP contribution in [0.4, 0.5) is 18.9 Å². The Morgan fingerprint density at radius 1 is 1.06 bits per heavy atom. The van der Waals surface area contributed by atoms with Crippen molar-refractivity contribution in [3.05, 3.63) is 70.7 Å². The van der Waals surface area contributed by atoms with Gasteiger partial charge in [-0.3, -0.25) is 9.59 Å². The van der Waals surface area contributed by atoms with Gasteiger partial charge in [-0.2, -0.15) is 18.4 Å². The Balaban J connectivity index is 1.52. The smallest absolute Gasteiger partial charge is 0.347 e. The summed E-state index contributed by atoms with van der Waals surface area (Å²) in [5, 5.41) is 16.2. The topological polar surface area (TPSA) is 94.9 Å². The van der Waals surface area contributed by atoms with Gasteiger partial charge in [0.05, 0.1) is 22.5 Å². The van der Waals surface area contributed by atoms with Gasteiger partial charge in [0, 0.05) is 23.9 Å². The maximum Gasteiger partial charge on any atom is 0.416 e. The van der Waals surface area contributed by atoms with E-state index in [2.05, 4.69) is 15.6 Å². The van der Waals surface area contributed by atoms with E-state index >= 15 is 0 Å². The molecule has 0 aliphatic rings. The highest BCUT2D eigenvalue weighted by Gasteiger charge is 2.30. The van der Waals surface area contributed by atoms with E-state index in [1.807, 2.05) is 6.07 Å². The van der Waals surface area contributed by atoms with Gasteiger partial charge in [-0.15, -0.1) is 11.3 Å². The number of alkyl halides is 3. The molecule has 6 nitrogen and oxygen atoms in total. The fourth-order valence-corrected chi connectivity index (χ4v) is 3.47. The molecule has 0 unspecified atom stereocenters. The maximum atomic E-state index is 12.7. The number of para-hydroxylation sites is 1. The fourth-order valence-electron chi connectivity index (χ4n) is 2.61. The minimum atomic E-state index is -4.40. The summed E-state index contributed by atoms with van der Waals surface area (Å²) < 4.78 is 38.0. The molecule has 3 rings (SSSR count). The highest BCUT2D eigenvalue weighted by atomic mass is 32.1. The quantitative estimate of drug-likeness (QED) is 0.582. The first-order valence-corrected chi connectivity index (χ1v) is 9.86. The lowest BCUT2D eigenvalue weighted by Crippen LogP contribution is -2.36. The molecule has 0 spiro atoms. The third kappa shape index (κ3) is 5.67. The van der Waals surface area contributed by atoms with E-state index in [0.717, 1.165) is 12.1 Å². The normalized spacial score (nSPS) is 10.9. The number of amides is 2. The van der Waals surface area contributed by atoms with Gasteiger partial charge in [0.1, 0.15) is 11.1 Å². The number of nitriles is 1. The van der Waals surface area contributed by atoms with E-state index in [9.17, 15) is 22.8 Å². The van der Waals surface area contributed by atoms with Crippen molar-refractivity contribution in [3.63, 3.8) is 0 Å². The van der Waals surface area contributed by atoms with Crippen molar-refractivity contribution < 1.29 is 22.8 Å². The number of aromatic nitrogens is 1. The van der Waals surface area contributed by atoms with Crippen LogP contribution in [0.15, 0.2) is 53.9 Å². The van der Waals surface area contributed by atoms with Crippen molar-refractivity contribution >= 4 is 28.8 Å². The summed E-state index contributed by atoms with van der Waals surface area (Å²) in [6, 6.07) is 12.9. The lowest BCUT2D eigenvalue weighted by atomic mass is 10.1. The predicted molar refractivity (Wildman–Crippen MR) is 109 cm³/mol.